The molecule has 0 bridgehead atoms. The summed E-state index contributed by atoms with van der Waals surface area (Å²) in [6.07, 6.45) is 1.24. The first-order chi connectivity index (χ1) is 11.3. The van der Waals surface area contributed by atoms with Crippen molar-refractivity contribution in [2.24, 2.45) is 0 Å². The van der Waals surface area contributed by atoms with E-state index in [2.05, 4.69) is 19.2 Å². The maximum absolute atomic E-state index is 12.5. The molecular weight excluding hydrogens is 320 g/mol. The average molecular weight is 340 g/mol. The molecule has 0 radical (unpaired) electrons. The van der Waals surface area contributed by atoms with E-state index in [0.717, 1.165) is 11.3 Å². The molecule has 2 rings (SSSR count). The van der Waals surface area contributed by atoms with Gasteiger partial charge in [0.1, 0.15) is 6.07 Å². The van der Waals surface area contributed by atoms with Crippen LogP contribution < -0.4 is 5.32 Å². The van der Waals surface area contributed by atoms with E-state index in [4.69, 9.17) is 0 Å². The second-order valence-electron chi connectivity index (χ2n) is 5.86. The monoisotopic (exact) mass is 340 g/mol. The molecule has 4 nitrogen and oxygen atoms in total. The summed E-state index contributed by atoms with van der Waals surface area (Å²) in [5.74, 6) is 0.422. The van der Waals surface area contributed by atoms with Crippen molar-refractivity contribution in [3.8, 4) is 6.07 Å². The summed E-state index contributed by atoms with van der Waals surface area (Å²) in [6, 6.07) is 15.9. The maximum atomic E-state index is 12.5. The van der Waals surface area contributed by atoms with Crippen LogP contribution in [0.25, 0.3) is 0 Å². The molecule has 0 atom stereocenters. The standard InChI is InChI=1S/C19H20N2O2S/c1-14(2)16-6-8-17(9-7-16)21-13-19(12-20)24(22,23)18-10-4-15(3)5-11-18/h4-11,13-14,21H,1-3H3/b19-13+. The molecule has 0 saturated heterocycles. The van der Waals surface area contributed by atoms with E-state index in [1.165, 1.54) is 23.9 Å². The topological polar surface area (TPSA) is 70.0 Å². The summed E-state index contributed by atoms with van der Waals surface area (Å²) < 4.78 is 25.0. The molecule has 0 spiro atoms. The molecule has 5 heteroatoms. The van der Waals surface area contributed by atoms with E-state index in [1.54, 1.807) is 18.2 Å². The molecule has 0 amide bonds. The van der Waals surface area contributed by atoms with Crippen LogP contribution in [0.3, 0.4) is 0 Å². The Bertz CT molecular complexity index is 872. The van der Waals surface area contributed by atoms with Gasteiger partial charge in [-0.3, -0.25) is 0 Å². The Balaban J connectivity index is 2.25. The van der Waals surface area contributed by atoms with Crippen molar-refractivity contribution >= 4 is 15.5 Å². The van der Waals surface area contributed by atoms with Crippen molar-refractivity contribution in [1.82, 2.24) is 0 Å². The first-order valence-corrected chi connectivity index (χ1v) is 9.11. The minimum atomic E-state index is -3.82. The Labute approximate surface area is 143 Å². The van der Waals surface area contributed by atoms with Crippen molar-refractivity contribution in [3.05, 3.63) is 70.8 Å². The van der Waals surface area contributed by atoms with Crippen molar-refractivity contribution < 1.29 is 8.42 Å². The molecular formula is C19H20N2O2S. The number of hydrogen-bond acceptors (Lipinski definition) is 4. The summed E-state index contributed by atoms with van der Waals surface area (Å²) in [7, 11) is -3.82. The van der Waals surface area contributed by atoms with Crippen LogP contribution in [-0.2, 0) is 9.84 Å². The zero-order valence-corrected chi connectivity index (χ0v) is 14.8. The third kappa shape index (κ3) is 4.03. The summed E-state index contributed by atoms with van der Waals surface area (Å²) >= 11 is 0. The average Bonchev–Trinajstić information content (AvgIpc) is 2.56. The molecule has 0 aliphatic carbocycles. The molecule has 0 fully saturated rings. The number of aryl methyl sites for hydroxylation is 1. The SMILES string of the molecule is Cc1ccc(S(=O)(=O)/C(C#N)=C/Nc2ccc(C(C)C)cc2)cc1. The van der Waals surface area contributed by atoms with Crippen LogP contribution in [0.4, 0.5) is 5.69 Å². The van der Waals surface area contributed by atoms with Crippen LogP contribution in [0.15, 0.2) is 64.5 Å². The maximum Gasteiger partial charge on any atom is 0.218 e. The van der Waals surface area contributed by atoms with Gasteiger partial charge in [0.2, 0.25) is 9.84 Å². The first-order valence-electron chi connectivity index (χ1n) is 7.63. The molecule has 1 N–H and O–H groups in total. The zero-order chi connectivity index (χ0) is 17.7. The van der Waals surface area contributed by atoms with Gasteiger partial charge in [-0.15, -0.1) is 0 Å². The highest BCUT2D eigenvalue weighted by atomic mass is 32.2. The molecule has 2 aromatic rings. The molecule has 0 saturated carbocycles. The van der Waals surface area contributed by atoms with Crippen LogP contribution in [0.2, 0.25) is 0 Å². The van der Waals surface area contributed by atoms with Crippen LogP contribution in [0, 0.1) is 18.3 Å². The fourth-order valence-corrected chi connectivity index (χ4v) is 3.21. The van der Waals surface area contributed by atoms with Crippen molar-refractivity contribution in [2.45, 2.75) is 31.6 Å². The molecule has 124 valence electrons. The van der Waals surface area contributed by atoms with Crippen LogP contribution in [0.5, 0.6) is 0 Å². The number of allylic oxidation sites excluding steroid dienone is 1. The number of nitrogens with one attached hydrogen (secondary N) is 1. The lowest BCUT2D eigenvalue weighted by Gasteiger charge is -2.08. The first kappa shape index (κ1) is 17.8. The van der Waals surface area contributed by atoms with Gasteiger partial charge in [0, 0.05) is 11.9 Å². The second-order valence-corrected chi connectivity index (χ2v) is 7.78. The Hall–Kier alpha value is -2.58. The summed E-state index contributed by atoms with van der Waals surface area (Å²) in [6.45, 7) is 6.08. The van der Waals surface area contributed by atoms with E-state index >= 15 is 0 Å². The lowest BCUT2D eigenvalue weighted by molar-refractivity contribution is 0.603. The fraction of sp³-hybridized carbons (Fsp3) is 0.211. The lowest BCUT2D eigenvalue weighted by atomic mass is 10.0. The van der Waals surface area contributed by atoms with Crippen LogP contribution in [-0.4, -0.2) is 8.42 Å². The number of rotatable bonds is 5. The molecule has 2 aromatic carbocycles. The predicted molar refractivity (Wildman–Crippen MR) is 96.2 cm³/mol. The van der Waals surface area contributed by atoms with Gasteiger partial charge < -0.3 is 5.32 Å². The van der Waals surface area contributed by atoms with E-state index in [1.807, 2.05) is 31.2 Å². The molecule has 0 aromatic heterocycles. The van der Waals surface area contributed by atoms with Gasteiger partial charge in [-0.05, 0) is 42.7 Å². The molecule has 0 aliphatic heterocycles. The molecule has 0 unspecified atom stereocenters. The Kier molecular flexibility index (Phi) is 5.42. The highest BCUT2D eigenvalue weighted by Crippen LogP contribution is 2.21. The van der Waals surface area contributed by atoms with Crippen LogP contribution >= 0.6 is 0 Å². The normalized spacial score (nSPS) is 12.0. The quantitative estimate of drug-likeness (QED) is 0.821. The molecule has 0 aliphatic rings. The number of hydrogen-bond donors (Lipinski definition) is 1. The number of anilines is 1. The van der Waals surface area contributed by atoms with E-state index in [0.29, 0.717) is 5.92 Å². The van der Waals surface area contributed by atoms with Gasteiger partial charge in [0.25, 0.3) is 0 Å². The minimum Gasteiger partial charge on any atom is -0.360 e. The summed E-state index contributed by atoms with van der Waals surface area (Å²) in [5.41, 5.74) is 2.88. The van der Waals surface area contributed by atoms with Crippen LogP contribution in [0.1, 0.15) is 30.9 Å². The number of nitrogens with zero attached hydrogens (tertiary/aromatic N) is 1. The number of nitriles is 1. The van der Waals surface area contributed by atoms with Gasteiger partial charge in [0.15, 0.2) is 4.91 Å². The van der Waals surface area contributed by atoms with Crippen molar-refractivity contribution in [1.29, 1.82) is 5.26 Å². The highest BCUT2D eigenvalue weighted by molar-refractivity contribution is 7.95. The van der Waals surface area contributed by atoms with E-state index in [9.17, 15) is 13.7 Å². The molecule has 24 heavy (non-hydrogen) atoms. The van der Waals surface area contributed by atoms with Crippen molar-refractivity contribution in [3.63, 3.8) is 0 Å². The van der Waals surface area contributed by atoms with Gasteiger partial charge in [-0.2, -0.15) is 5.26 Å². The Morgan fingerprint density at radius 3 is 2.17 bits per heavy atom. The van der Waals surface area contributed by atoms with Gasteiger partial charge in [0.05, 0.1) is 4.90 Å². The predicted octanol–water partition coefficient (Wildman–Crippen LogP) is 4.37. The Morgan fingerprint density at radius 1 is 1.08 bits per heavy atom. The minimum absolute atomic E-state index is 0.109. The second kappa shape index (κ2) is 7.33. The third-order valence-corrected chi connectivity index (χ3v) is 5.36. The van der Waals surface area contributed by atoms with E-state index < -0.39 is 9.84 Å². The summed E-state index contributed by atoms with van der Waals surface area (Å²) in [5, 5.41) is 12.1. The van der Waals surface area contributed by atoms with E-state index in [-0.39, 0.29) is 9.80 Å². The van der Waals surface area contributed by atoms with Gasteiger partial charge in [-0.25, -0.2) is 8.42 Å². The summed E-state index contributed by atoms with van der Waals surface area (Å²) in [4.78, 5) is -0.211. The zero-order valence-electron chi connectivity index (χ0n) is 13.9. The lowest BCUT2D eigenvalue weighted by Crippen LogP contribution is -2.05. The van der Waals surface area contributed by atoms with Gasteiger partial charge in [-0.1, -0.05) is 43.7 Å². The highest BCUT2D eigenvalue weighted by Gasteiger charge is 2.20. The smallest absolute Gasteiger partial charge is 0.218 e. The largest absolute Gasteiger partial charge is 0.360 e. The molecule has 0 heterocycles. The van der Waals surface area contributed by atoms with Crippen molar-refractivity contribution in [2.75, 3.05) is 5.32 Å². The number of sulfone groups is 1. The van der Waals surface area contributed by atoms with Gasteiger partial charge >= 0.3 is 0 Å². The fourth-order valence-electron chi connectivity index (χ4n) is 2.13. The Morgan fingerprint density at radius 2 is 1.67 bits per heavy atom. The number of benzene rings is 2. The third-order valence-electron chi connectivity index (χ3n) is 3.68.